The van der Waals surface area contributed by atoms with Crippen molar-refractivity contribution < 1.29 is 4.79 Å². The van der Waals surface area contributed by atoms with Crippen molar-refractivity contribution in [2.75, 3.05) is 5.73 Å². The number of carbonyl (C=O) groups excluding carboxylic acids is 1. The van der Waals surface area contributed by atoms with Gasteiger partial charge in [0.2, 0.25) is 11.9 Å². The van der Waals surface area contributed by atoms with Gasteiger partial charge >= 0.3 is 0 Å². The number of nitrogens with two attached hydrogens (primary N) is 1. The fraction of sp³-hybridized carbons (Fsp3) is 0.412. The summed E-state index contributed by atoms with van der Waals surface area (Å²) in [5.74, 6) is -0.188. The summed E-state index contributed by atoms with van der Waals surface area (Å²) in [7, 11) is 0. The van der Waals surface area contributed by atoms with Gasteiger partial charge in [-0.3, -0.25) is 9.59 Å². The van der Waals surface area contributed by atoms with Crippen LogP contribution in [0.25, 0.3) is 0 Å². The predicted octanol–water partition coefficient (Wildman–Crippen LogP) is 1.49. The average molecular weight is 329 g/mol. The van der Waals surface area contributed by atoms with Crippen LogP contribution in [-0.4, -0.2) is 20.7 Å². The third-order valence-corrected chi connectivity index (χ3v) is 3.93. The Kier molecular flexibility index (Phi) is 5.68. The van der Waals surface area contributed by atoms with Gasteiger partial charge in [-0.15, -0.1) is 0 Å². The van der Waals surface area contributed by atoms with E-state index in [0.29, 0.717) is 6.54 Å². The monoisotopic (exact) mass is 329 g/mol. The molecule has 2 unspecified atom stereocenters. The minimum absolute atomic E-state index is 0.0491. The van der Waals surface area contributed by atoms with Crippen molar-refractivity contribution in [3.8, 4) is 0 Å². The van der Waals surface area contributed by atoms with Crippen LogP contribution in [0.1, 0.15) is 44.5 Å². The lowest BCUT2D eigenvalue weighted by atomic mass is 10.1. The molecule has 24 heavy (non-hydrogen) atoms. The second-order valence-electron chi connectivity index (χ2n) is 5.84. The van der Waals surface area contributed by atoms with Gasteiger partial charge in [0.1, 0.15) is 0 Å². The van der Waals surface area contributed by atoms with Gasteiger partial charge in [0, 0.05) is 5.92 Å². The molecule has 2 aromatic rings. The maximum Gasteiger partial charge on any atom is 0.298 e. The average Bonchev–Trinajstić information content (AvgIpc) is 2.57. The van der Waals surface area contributed by atoms with Crippen molar-refractivity contribution in [1.82, 2.24) is 20.1 Å². The summed E-state index contributed by atoms with van der Waals surface area (Å²) in [6, 6.07) is 9.09. The molecular weight excluding hydrogens is 306 g/mol. The molecule has 0 saturated heterocycles. The molecule has 1 aromatic carbocycles. The van der Waals surface area contributed by atoms with E-state index in [1.807, 2.05) is 44.2 Å². The SMILES string of the molecule is CCC(C)C(=O)NC(C)c1nn(Cc2ccccc2)c(N)nc1=O. The van der Waals surface area contributed by atoms with Gasteiger partial charge in [-0.05, 0) is 18.9 Å². The summed E-state index contributed by atoms with van der Waals surface area (Å²) in [5, 5.41) is 7.11. The molecule has 0 spiro atoms. The van der Waals surface area contributed by atoms with E-state index in [0.717, 1.165) is 12.0 Å². The van der Waals surface area contributed by atoms with Gasteiger partial charge in [-0.25, -0.2) is 4.68 Å². The van der Waals surface area contributed by atoms with E-state index in [9.17, 15) is 9.59 Å². The van der Waals surface area contributed by atoms with Crippen LogP contribution in [0.15, 0.2) is 35.1 Å². The third-order valence-electron chi connectivity index (χ3n) is 3.93. The third kappa shape index (κ3) is 4.18. The van der Waals surface area contributed by atoms with Crippen molar-refractivity contribution in [2.45, 2.75) is 39.8 Å². The Morgan fingerprint density at radius 2 is 1.96 bits per heavy atom. The number of anilines is 1. The van der Waals surface area contributed by atoms with E-state index in [4.69, 9.17) is 5.73 Å². The van der Waals surface area contributed by atoms with Crippen LogP contribution in [0, 0.1) is 5.92 Å². The Labute approximate surface area is 140 Å². The normalized spacial score (nSPS) is 13.3. The minimum atomic E-state index is -0.533. The summed E-state index contributed by atoms with van der Waals surface area (Å²) in [4.78, 5) is 27.9. The number of nitrogens with one attached hydrogen (secondary N) is 1. The number of carbonyl (C=O) groups is 1. The van der Waals surface area contributed by atoms with E-state index in [-0.39, 0.29) is 23.5 Å². The quantitative estimate of drug-likeness (QED) is 0.836. The van der Waals surface area contributed by atoms with E-state index in [1.165, 1.54) is 4.68 Å². The first-order valence-corrected chi connectivity index (χ1v) is 8.01. The highest BCUT2D eigenvalue weighted by molar-refractivity contribution is 5.78. The number of benzene rings is 1. The highest BCUT2D eigenvalue weighted by Crippen LogP contribution is 2.10. The van der Waals surface area contributed by atoms with Gasteiger partial charge < -0.3 is 11.1 Å². The molecule has 1 heterocycles. The molecule has 0 aliphatic carbocycles. The second kappa shape index (κ2) is 7.72. The minimum Gasteiger partial charge on any atom is -0.368 e. The van der Waals surface area contributed by atoms with Crippen LogP contribution in [-0.2, 0) is 11.3 Å². The van der Waals surface area contributed by atoms with Crippen LogP contribution in [0.2, 0.25) is 0 Å². The number of hydrogen-bond acceptors (Lipinski definition) is 5. The van der Waals surface area contributed by atoms with Gasteiger partial charge in [-0.1, -0.05) is 44.2 Å². The molecule has 7 heteroatoms. The molecule has 1 amide bonds. The largest absolute Gasteiger partial charge is 0.368 e. The predicted molar refractivity (Wildman–Crippen MR) is 92.3 cm³/mol. The number of amides is 1. The van der Waals surface area contributed by atoms with Gasteiger partial charge in [0.25, 0.3) is 5.56 Å². The van der Waals surface area contributed by atoms with Crippen LogP contribution in [0.3, 0.4) is 0 Å². The lowest BCUT2D eigenvalue weighted by molar-refractivity contribution is -0.125. The topological polar surface area (TPSA) is 103 Å². The van der Waals surface area contributed by atoms with Crippen molar-refractivity contribution in [3.63, 3.8) is 0 Å². The fourth-order valence-electron chi connectivity index (χ4n) is 2.20. The highest BCUT2D eigenvalue weighted by atomic mass is 16.2. The molecule has 0 saturated carbocycles. The lowest BCUT2D eigenvalue weighted by Gasteiger charge is -2.17. The zero-order chi connectivity index (χ0) is 17.7. The Morgan fingerprint density at radius 1 is 1.29 bits per heavy atom. The van der Waals surface area contributed by atoms with Crippen LogP contribution in [0.4, 0.5) is 5.95 Å². The Bertz CT molecular complexity index is 757. The molecule has 0 aliphatic rings. The zero-order valence-corrected chi connectivity index (χ0v) is 14.2. The standard InChI is InChI=1S/C17H23N5O2/c1-4-11(2)15(23)19-12(3)14-16(24)20-17(18)22(21-14)10-13-8-6-5-7-9-13/h5-9,11-12H,4,10H2,1-3H3,(H,19,23)(H2,18,20,24). The van der Waals surface area contributed by atoms with Crippen molar-refractivity contribution in [1.29, 1.82) is 0 Å². The smallest absolute Gasteiger partial charge is 0.298 e. The maximum atomic E-state index is 12.1. The maximum absolute atomic E-state index is 12.1. The Balaban J connectivity index is 2.25. The molecule has 2 atom stereocenters. The van der Waals surface area contributed by atoms with Gasteiger partial charge in [0.05, 0.1) is 12.6 Å². The van der Waals surface area contributed by atoms with Crippen molar-refractivity contribution in [3.05, 3.63) is 51.9 Å². The molecule has 3 N–H and O–H groups in total. The van der Waals surface area contributed by atoms with E-state index in [1.54, 1.807) is 6.92 Å². The zero-order valence-electron chi connectivity index (χ0n) is 14.2. The van der Waals surface area contributed by atoms with Gasteiger partial charge in [0.15, 0.2) is 5.69 Å². The van der Waals surface area contributed by atoms with Crippen molar-refractivity contribution >= 4 is 11.9 Å². The molecule has 0 aliphatic heterocycles. The Hall–Kier alpha value is -2.70. The Morgan fingerprint density at radius 3 is 2.58 bits per heavy atom. The summed E-state index contributed by atoms with van der Waals surface area (Å²) in [5.41, 5.74) is 6.46. The van der Waals surface area contributed by atoms with E-state index < -0.39 is 11.6 Å². The molecular formula is C17H23N5O2. The number of rotatable bonds is 6. The number of nitrogens with zero attached hydrogens (tertiary/aromatic N) is 3. The van der Waals surface area contributed by atoms with Crippen LogP contribution >= 0.6 is 0 Å². The molecule has 7 nitrogen and oxygen atoms in total. The molecule has 0 bridgehead atoms. The summed E-state index contributed by atoms with van der Waals surface area (Å²) < 4.78 is 1.47. The van der Waals surface area contributed by atoms with Crippen LogP contribution < -0.4 is 16.6 Å². The number of hydrogen-bond donors (Lipinski definition) is 2. The van der Waals surface area contributed by atoms with Crippen molar-refractivity contribution in [2.24, 2.45) is 5.92 Å². The first-order chi connectivity index (χ1) is 11.4. The first-order valence-electron chi connectivity index (χ1n) is 8.01. The van der Waals surface area contributed by atoms with Gasteiger partial charge in [-0.2, -0.15) is 10.1 Å². The van der Waals surface area contributed by atoms with E-state index >= 15 is 0 Å². The molecule has 128 valence electrons. The van der Waals surface area contributed by atoms with Crippen LogP contribution in [0.5, 0.6) is 0 Å². The summed E-state index contributed by atoms with van der Waals surface area (Å²) in [6.45, 7) is 5.89. The fourth-order valence-corrected chi connectivity index (χ4v) is 2.20. The second-order valence-corrected chi connectivity index (χ2v) is 5.84. The molecule has 0 radical (unpaired) electrons. The summed E-state index contributed by atoms with van der Waals surface area (Å²) >= 11 is 0. The number of nitrogen functional groups attached to an aromatic ring is 1. The first kappa shape index (κ1) is 17.7. The number of aromatic nitrogens is 3. The summed E-state index contributed by atoms with van der Waals surface area (Å²) in [6.07, 6.45) is 0.726. The molecule has 2 rings (SSSR count). The molecule has 1 aromatic heterocycles. The highest BCUT2D eigenvalue weighted by Gasteiger charge is 2.19. The lowest BCUT2D eigenvalue weighted by Crippen LogP contribution is -2.36. The van der Waals surface area contributed by atoms with E-state index in [2.05, 4.69) is 15.4 Å². The molecule has 0 fully saturated rings.